The van der Waals surface area contributed by atoms with E-state index in [2.05, 4.69) is 5.32 Å². The Kier molecular flexibility index (Phi) is 4.58. The van der Waals surface area contributed by atoms with Gasteiger partial charge in [-0.3, -0.25) is 9.59 Å². The van der Waals surface area contributed by atoms with Gasteiger partial charge >= 0.3 is 5.97 Å². The Bertz CT molecular complexity index is 364. The van der Waals surface area contributed by atoms with Gasteiger partial charge in [-0.15, -0.1) is 0 Å². The molecule has 1 fully saturated rings. The lowest BCUT2D eigenvalue weighted by Gasteiger charge is -2.34. The molecule has 0 aromatic rings. The van der Waals surface area contributed by atoms with E-state index in [1.165, 1.54) is 0 Å². The molecule has 0 bridgehead atoms. The number of aliphatic carboxylic acids is 1. The van der Waals surface area contributed by atoms with Gasteiger partial charge in [0.2, 0.25) is 5.91 Å². The van der Waals surface area contributed by atoms with E-state index in [1.54, 1.807) is 6.92 Å². The van der Waals surface area contributed by atoms with Crippen LogP contribution in [0.5, 0.6) is 0 Å². The Hall–Kier alpha value is -1.14. The van der Waals surface area contributed by atoms with Gasteiger partial charge in [-0.2, -0.15) is 0 Å². The third kappa shape index (κ3) is 3.67. The molecule has 1 saturated heterocycles. The highest BCUT2D eigenvalue weighted by atomic mass is 16.5. The number of rotatable bonds is 4. The first-order chi connectivity index (χ1) is 8.57. The largest absolute Gasteiger partial charge is 0.481 e. The van der Waals surface area contributed by atoms with Crippen molar-refractivity contribution in [1.29, 1.82) is 0 Å². The maximum Gasteiger partial charge on any atom is 0.305 e. The number of nitrogens with two attached hydrogens (primary N) is 1. The van der Waals surface area contributed by atoms with Crippen molar-refractivity contribution in [3.8, 4) is 0 Å². The van der Waals surface area contributed by atoms with Crippen LogP contribution >= 0.6 is 0 Å². The molecule has 0 spiro atoms. The Morgan fingerprint density at radius 1 is 1.53 bits per heavy atom. The van der Waals surface area contributed by atoms with Crippen LogP contribution in [0.2, 0.25) is 0 Å². The van der Waals surface area contributed by atoms with E-state index in [9.17, 15) is 9.59 Å². The molecule has 0 radical (unpaired) electrons. The summed E-state index contributed by atoms with van der Waals surface area (Å²) in [5.74, 6) is -1.17. The number of carboxylic acids is 1. The molecule has 19 heavy (non-hydrogen) atoms. The summed E-state index contributed by atoms with van der Waals surface area (Å²) in [5.41, 5.74) is 4.77. The van der Waals surface area contributed by atoms with Gasteiger partial charge < -0.3 is 20.9 Å². The lowest BCUT2D eigenvalue weighted by Crippen LogP contribution is -2.55. The van der Waals surface area contributed by atoms with Crippen molar-refractivity contribution >= 4 is 11.9 Å². The van der Waals surface area contributed by atoms with E-state index in [1.807, 2.05) is 20.8 Å². The summed E-state index contributed by atoms with van der Waals surface area (Å²) in [6.07, 6.45) is -0.110. The molecule has 3 unspecified atom stereocenters. The molecule has 1 amide bonds. The number of hydrogen-bond acceptors (Lipinski definition) is 4. The van der Waals surface area contributed by atoms with Crippen LogP contribution < -0.4 is 11.1 Å². The van der Waals surface area contributed by atoms with Crippen molar-refractivity contribution < 1.29 is 19.4 Å². The first-order valence-corrected chi connectivity index (χ1v) is 6.43. The molecule has 6 heteroatoms. The number of carbonyl (C=O) groups excluding carboxylic acids is 1. The molecule has 0 aromatic heterocycles. The highest BCUT2D eigenvalue weighted by Crippen LogP contribution is 2.29. The Morgan fingerprint density at radius 3 is 2.47 bits per heavy atom. The summed E-state index contributed by atoms with van der Waals surface area (Å²) >= 11 is 0. The Labute approximate surface area is 113 Å². The summed E-state index contributed by atoms with van der Waals surface area (Å²) < 4.78 is 5.24. The average Bonchev–Trinajstić information content (AvgIpc) is 2.57. The summed E-state index contributed by atoms with van der Waals surface area (Å²) in [5, 5.41) is 11.8. The predicted octanol–water partition coefficient (Wildman–Crippen LogP) is 0.356. The van der Waals surface area contributed by atoms with Gasteiger partial charge in [0.05, 0.1) is 25.0 Å². The fraction of sp³-hybridized carbons (Fsp3) is 0.846. The molecule has 1 heterocycles. The maximum absolute atomic E-state index is 12.4. The van der Waals surface area contributed by atoms with Crippen LogP contribution in [0.15, 0.2) is 0 Å². The van der Waals surface area contributed by atoms with Crippen molar-refractivity contribution in [2.75, 3.05) is 13.2 Å². The summed E-state index contributed by atoms with van der Waals surface area (Å²) in [6, 6.07) is -0.805. The zero-order chi connectivity index (χ0) is 14.8. The zero-order valence-corrected chi connectivity index (χ0v) is 12.0. The van der Waals surface area contributed by atoms with Gasteiger partial charge in [-0.05, 0) is 12.3 Å². The molecule has 1 aliphatic rings. The molecule has 1 aliphatic heterocycles. The Balaban J connectivity index is 2.79. The minimum atomic E-state index is -0.933. The minimum absolute atomic E-state index is 0.110. The van der Waals surface area contributed by atoms with Gasteiger partial charge in [0.1, 0.15) is 0 Å². The fourth-order valence-corrected chi connectivity index (χ4v) is 1.99. The molecule has 0 aliphatic carbocycles. The number of carbonyl (C=O) groups is 2. The van der Waals surface area contributed by atoms with E-state index < -0.39 is 17.4 Å². The monoisotopic (exact) mass is 272 g/mol. The highest BCUT2D eigenvalue weighted by Gasteiger charge is 2.45. The van der Waals surface area contributed by atoms with Gasteiger partial charge in [0.15, 0.2) is 0 Å². The Morgan fingerprint density at radius 2 is 2.11 bits per heavy atom. The van der Waals surface area contributed by atoms with E-state index >= 15 is 0 Å². The summed E-state index contributed by atoms with van der Waals surface area (Å²) in [4.78, 5) is 23.3. The lowest BCUT2D eigenvalue weighted by atomic mass is 9.81. The third-order valence-corrected chi connectivity index (χ3v) is 3.77. The van der Waals surface area contributed by atoms with Gasteiger partial charge in [0.25, 0.3) is 0 Å². The molecule has 1 rings (SSSR count). The van der Waals surface area contributed by atoms with Crippen molar-refractivity contribution in [1.82, 2.24) is 5.32 Å². The quantitative estimate of drug-likeness (QED) is 0.685. The number of ether oxygens (including phenoxy) is 1. The van der Waals surface area contributed by atoms with Crippen molar-refractivity contribution in [2.24, 2.45) is 16.6 Å². The van der Waals surface area contributed by atoms with E-state index in [0.717, 1.165) is 0 Å². The second kappa shape index (κ2) is 5.46. The van der Waals surface area contributed by atoms with E-state index in [-0.39, 0.29) is 30.4 Å². The summed E-state index contributed by atoms with van der Waals surface area (Å²) in [6.45, 7) is 8.06. The van der Waals surface area contributed by atoms with Gasteiger partial charge in [0, 0.05) is 12.1 Å². The highest BCUT2D eigenvalue weighted by molar-refractivity contribution is 5.84. The third-order valence-electron chi connectivity index (χ3n) is 3.77. The molecule has 110 valence electrons. The normalized spacial score (nSPS) is 29.0. The van der Waals surface area contributed by atoms with E-state index in [0.29, 0.717) is 6.61 Å². The first-order valence-electron chi connectivity index (χ1n) is 6.43. The van der Waals surface area contributed by atoms with Crippen LogP contribution in [-0.4, -0.2) is 42.3 Å². The lowest BCUT2D eigenvalue weighted by molar-refractivity contribution is -0.139. The van der Waals surface area contributed by atoms with Gasteiger partial charge in [-0.1, -0.05) is 20.8 Å². The number of hydrogen-bond donors (Lipinski definition) is 3. The van der Waals surface area contributed by atoms with Crippen molar-refractivity contribution in [2.45, 2.75) is 46.2 Å². The topological polar surface area (TPSA) is 102 Å². The molecule has 3 atom stereocenters. The number of carboxylic acid groups (broad SMARTS) is 1. The molecular formula is C13H24N2O4. The molecule has 6 nitrogen and oxygen atoms in total. The minimum Gasteiger partial charge on any atom is -0.481 e. The van der Waals surface area contributed by atoms with E-state index in [4.69, 9.17) is 15.6 Å². The van der Waals surface area contributed by atoms with Gasteiger partial charge in [-0.25, -0.2) is 0 Å². The van der Waals surface area contributed by atoms with Crippen LogP contribution in [0, 0.1) is 10.8 Å². The first kappa shape index (κ1) is 15.9. The molecule has 0 aromatic carbocycles. The second-order valence-electron chi connectivity index (χ2n) is 6.53. The average molecular weight is 272 g/mol. The second-order valence-corrected chi connectivity index (χ2v) is 6.53. The SMILES string of the molecule is CC(C)(C)C(CC(=O)O)NC(=O)C1(C)COCC1N. The standard InChI is InChI=1S/C13H24N2O4/c1-12(2,3)9(5-10(16)17)15-11(18)13(4)7-19-6-8(13)14/h8-9H,5-7,14H2,1-4H3,(H,15,18)(H,16,17). The molecule has 0 saturated carbocycles. The van der Waals surface area contributed by atoms with Crippen LogP contribution in [0.3, 0.4) is 0 Å². The molecular weight excluding hydrogens is 248 g/mol. The molecule has 4 N–H and O–H groups in total. The summed E-state index contributed by atoms with van der Waals surface area (Å²) in [7, 11) is 0. The van der Waals surface area contributed by atoms with Crippen LogP contribution in [-0.2, 0) is 14.3 Å². The van der Waals surface area contributed by atoms with Crippen LogP contribution in [0.1, 0.15) is 34.1 Å². The van der Waals surface area contributed by atoms with Crippen LogP contribution in [0.25, 0.3) is 0 Å². The predicted molar refractivity (Wildman–Crippen MR) is 70.5 cm³/mol. The van der Waals surface area contributed by atoms with Crippen LogP contribution in [0.4, 0.5) is 0 Å². The van der Waals surface area contributed by atoms with Crippen molar-refractivity contribution in [3.05, 3.63) is 0 Å². The smallest absolute Gasteiger partial charge is 0.305 e. The number of amides is 1. The zero-order valence-electron chi connectivity index (χ0n) is 12.0. The van der Waals surface area contributed by atoms with Crippen molar-refractivity contribution in [3.63, 3.8) is 0 Å². The fourth-order valence-electron chi connectivity index (χ4n) is 1.99. The maximum atomic E-state index is 12.4. The number of nitrogens with one attached hydrogen (secondary N) is 1.